The first-order chi connectivity index (χ1) is 19.1. The molecule has 0 heterocycles. The van der Waals surface area contributed by atoms with E-state index in [9.17, 15) is 0 Å². The molecule has 200 valence electrons. The molecule has 0 aliphatic heterocycles. The molecular weight excluding hydrogens is 513 g/mol. The fourth-order valence-corrected chi connectivity index (χ4v) is 9.58. The Morgan fingerprint density at radius 1 is 0.718 bits per heavy atom. The highest BCUT2D eigenvalue weighted by Gasteiger charge is 2.38. The second-order valence-electron chi connectivity index (χ2n) is 10.4. The lowest BCUT2D eigenvalue weighted by Gasteiger charge is -2.35. The van der Waals surface area contributed by atoms with Crippen LogP contribution < -0.4 is 27.0 Å². The third kappa shape index (κ3) is 6.76. The minimum atomic E-state index is -0.466. The Morgan fingerprint density at radius 3 is 1.74 bits per heavy atom. The lowest BCUT2D eigenvalue weighted by molar-refractivity contribution is 0.424. The van der Waals surface area contributed by atoms with Crippen molar-refractivity contribution >= 4 is 35.9 Å². The molecule has 5 rings (SSSR count). The predicted octanol–water partition coefficient (Wildman–Crippen LogP) is 6.58. The molecular formula is C34H38N3PS. The van der Waals surface area contributed by atoms with Crippen LogP contribution in [-0.2, 0) is 0 Å². The van der Waals surface area contributed by atoms with Gasteiger partial charge in [-0.05, 0) is 73.2 Å². The van der Waals surface area contributed by atoms with E-state index in [0.29, 0.717) is 16.7 Å². The van der Waals surface area contributed by atoms with Gasteiger partial charge >= 0.3 is 0 Å². The summed E-state index contributed by atoms with van der Waals surface area (Å²) in [5, 5.41) is 10.9. The van der Waals surface area contributed by atoms with Crippen molar-refractivity contribution in [1.82, 2.24) is 10.6 Å². The zero-order valence-corrected chi connectivity index (χ0v) is 24.2. The standard InChI is InChI=1S/C34H38N3PS/c1-25(30-23-14-24-31(30)38(28-19-10-4-11-20-28)29-21-12-5-13-22-29)36-34(39)37-33(27-17-8-3-9-18-27)32(35)26-15-6-2-7-16-26/h2-13,15-22,25,30-33H,14,23-24,35H2,1H3,(H2,36,37,39)/t25-,30?,31?,32+,33+/m1/s1. The van der Waals surface area contributed by atoms with Crippen LogP contribution in [0.2, 0.25) is 0 Å². The van der Waals surface area contributed by atoms with Crippen molar-refractivity contribution in [3.8, 4) is 0 Å². The fraction of sp³-hybridized carbons (Fsp3) is 0.265. The molecule has 1 aliphatic rings. The maximum absolute atomic E-state index is 6.82. The monoisotopic (exact) mass is 551 g/mol. The molecule has 4 aromatic rings. The number of hydrogen-bond donors (Lipinski definition) is 3. The SMILES string of the molecule is C[C@@H](NC(=S)N[C@@H](c1ccccc1)[C@@H](N)c1ccccc1)C1CCCC1P(c1ccccc1)c1ccccc1. The molecule has 1 aliphatic carbocycles. The summed E-state index contributed by atoms with van der Waals surface area (Å²) >= 11 is 5.93. The number of nitrogens with two attached hydrogens (primary N) is 1. The number of nitrogens with one attached hydrogen (secondary N) is 2. The van der Waals surface area contributed by atoms with Gasteiger partial charge in [-0.1, -0.05) is 128 Å². The van der Waals surface area contributed by atoms with Crippen molar-refractivity contribution in [2.75, 3.05) is 0 Å². The average Bonchev–Trinajstić information content (AvgIpc) is 3.47. The van der Waals surface area contributed by atoms with Crippen molar-refractivity contribution in [2.24, 2.45) is 11.7 Å². The lowest BCUT2D eigenvalue weighted by atomic mass is 9.94. The Balaban J connectivity index is 1.34. The van der Waals surface area contributed by atoms with Gasteiger partial charge in [-0.2, -0.15) is 0 Å². The lowest BCUT2D eigenvalue weighted by Crippen LogP contribution is -2.48. The summed E-state index contributed by atoms with van der Waals surface area (Å²) in [6, 6.07) is 42.7. The van der Waals surface area contributed by atoms with Crippen LogP contribution in [0.5, 0.6) is 0 Å². The average molecular weight is 552 g/mol. The van der Waals surface area contributed by atoms with E-state index >= 15 is 0 Å². The molecule has 1 fully saturated rings. The summed E-state index contributed by atoms with van der Waals surface area (Å²) in [5.41, 5.74) is 9.63. The zero-order valence-electron chi connectivity index (χ0n) is 22.5. The molecule has 0 radical (unpaired) electrons. The maximum atomic E-state index is 6.82. The summed E-state index contributed by atoms with van der Waals surface area (Å²) in [5.74, 6) is 0.536. The van der Waals surface area contributed by atoms with E-state index in [0.717, 1.165) is 11.1 Å². The molecule has 3 nitrogen and oxygen atoms in total. The van der Waals surface area contributed by atoms with Gasteiger partial charge in [0.1, 0.15) is 0 Å². The molecule has 2 unspecified atom stereocenters. The van der Waals surface area contributed by atoms with Gasteiger partial charge in [0, 0.05) is 6.04 Å². The highest BCUT2D eigenvalue weighted by Crippen LogP contribution is 2.51. The van der Waals surface area contributed by atoms with Crippen LogP contribution in [0.25, 0.3) is 0 Å². The summed E-state index contributed by atoms with van der Waals surface area (Å²) in [7, 11) is -0.466. The Kier molecular flexibility index (Phi) is 9.42. The zero-order chi connectivity index (χ0) is 27.0. The summed E-state index contributed by atoms with van der Waals surface area (Å²) in [6.45, 7) is 2.30. The van der Waals surface area contributed by atoms with Gasteiger partial charge < -0.3 is 16.4 Å². The molecule has 0 bridgehead atoms. The molecule has 4 aromatic carbocycles. The minimum Gasteiger partial charge on any atom is -0.360 e. The molecule has 0 aromatic heterocycles. The van der Waals surface area contributed by atoms with E-state index in [1.165, 1.54) is 29.9 Å². The minimum absolute atomic E-state index is 0.133. The van der Waals surface area contributed by atoms with Gasteiger partial charge in [0.15, 0.2) is 5.11 Å². The van der Waals surface area contributed by atoms with E-state index in [2.05, 4.69) is 115 Å². The summed E-state index contributed by atoms with van der Waals surface area (Å²) < 4.78 is 0. The molecule has 5 atom stereocenters. The number of hydrogen-bond acceptors (Lipinski definition) is 2. The van der Waals surface area contributed by atoms with Crippen molar-refractivity contribution < 1.29 is 0 Å². The van der Waals surface area contributed by atoms with E-state index in [-0.39, 0.29) is 18.1 Å². The molecule has 1 saturated carbocycles. The van der Waals surface area contributed by atoms with Crippen molar-refractivity contribution in [1.29, 1.82) is 0 Å². The van der Waals surface area contributed by atoms with Crippen LogP contribution in [0.1, 0.15) is 49.4 Å². The molecule has 0 saturated heterocycles. The Morgan fingerprint density at radius 2 is 1.21 bits per heavy atom. The smallest absolute Gasteiger partial charge is 0.167 e. The Hall–Kier alpha value is -3.04. The van der Waals surface area contributed by atoms with Crippen LogP contribution >= 0.6 is 20.1 Å². The van der Waals surface area contributed by atoms with Gasteiger partial charge in [-0.25, -0.2) is 0 Å². The largest absolute Gasteiger partial charge is 0.360 e. The van der Waals surface area contributed by atoms with Crippen molar-refractivity contribution in [3.63, 3.8) is 0 Å². The van der Waals surface area contributed by atoms with E-state index in [1.54, 1.807) is 0 Å². The Bertz CT molecular complexity index is 1260. The van der Waals surface area contributed by atoms with E-state index < -0.39 is 7.92 Å². The number of thiocarbonyl (C=S) groups is 1. The molecule has 4 N–H and O–H groups in total. The second kappa shape index (κ2) is 13.3. The van der Waals surface area contributed by atoms with Gasteiger partial charge in [0.05, 0.1) is 12.1 Å². The molecule has 0 amide bonds. The van der Waals surface area contributed by atoms with Gasteiger partial charge in [0.2, 0.25) is 0 Å². The first kappa shape index (κ1) is 27.5. The number of benzene rings is 4. The Labute approximate surface area is 240 Å². The topological polar surface area (TPSA) is 50.1 Å². The maximum Gasteiger partial charge on any atom is 0.167 e. The normalized spacial score (nSPS) is 19.3. The summed E-state index contributed by atoms with van der Waals surface area (Å²) in [6.07, 6.45) is 3.72. The number of rotatable bonds is 9. The fourth-order valence-electron chi connectivity index (χ4n) is 5.99. The van der Waals surface area contributed by atoms with Crippen LogP contribution in [0.3, 0.4) is 0 Å². The quantitative estimate of drug-likeness (QED) is 0.162. The van der Waals surface area contributed by atoms with Crippen LogP contribution in [0.4, 0.5) is 0 Å². The highest BCUT2D eigenvalue weighted by atomic mass is 32.1. The third-order valence-electron chi connectivity index (χ3n) is 7.92. The highest BCUT2D eigenvalue weighted by molar-refractivity contribution is 7.80. The van der Waals surface area contributed by atoms with Gasteiger partial charge in [-0.15, -0.1) is 0 Å². The van der Waals surface area contributed by atoms with Crippen LogP contribution in [-0.4, -0.2) is 16.8 Å². The first-order valence-corrected chi connectivity index (χ1v) is 15.8. The van der Waals surface area contributed by atoms with Crippen molar-refractivity contribution in [2.45, 2.75) is 50.0 Å². The molecule has 5 heteroatoms. The van der Waals surface area contributed by atoms with Crippen molar-refractivity contribution in [3.05, 3.63) is 132 Å². The van der Waals surface area contributed by atoms with E-state index in [1.807, 2.05) is 24.3 Å². The summed E-state index contributed by atoms with van der Waals surface area (Å²) in [4.78, 5) is 0. The molecule has 39 heavy (non-hydrogen) atoms. The third-order valence-corrected chi connectivity index (χ3v) is 11.2. The molecule has 0 spiro atoms. The van der Waals surface area contributed by atoms with Gasteiger partial charge in [-0.3, -0.25) is 0 Å². The predicted molar refractivity (Wildman–Crippen MR) is 171 cm³/mol. The van der Waals surface area contributed by atoms with E-state index in [4.69, 9.17) is 18.0 Å². The van der Waals surface area contributed by atoms with Gasteiger partial charge in [0.25, 0.3) is 0 Å². The van der Waals surface area contributed by atoms with Crippen LogP contribution in [0, 0.1) is 5.92 Å². The first-order valence-electron chi connectivity index (χ1n) is 13.9. The van der Waals surface area contributed by atoms with Crippen LogP contribution in [0.15, 0.2) is 121 Å². The second-order valence-corrected chi connectivity index (χ2v) is 13.3.